The molecule has 0 heterocycles. The second-order valence-electron chi connectivity index (χ2n) is 5.87. The van der Waals surface area contributed by atoms with Crippen LogP contribution in [0.25, 0.3) is 0 Å². The third kappa shape index (κ3) is 4.58. The maximum Gasteiger partial charge on any atom is 0.201 e. The summed E-state index contributed by atoms with van der Waals surface area (Å²) in [4.78, 5) is 9.54. The normalized spacial score (nSPS) is 13.9. The van der Waals surface area contributed by atoms with Crippen molar-refractivity contribution >= 4 is 30.0 Å². The van der Waals surface area contributed by atoms with Crippen LogP contribution in [-0.4, -0.2) is 16.7 Å². The average molecular weight is 430 g/mol. The van der Waals surface area contributed by atoms with Crippen molar-refractivity contribution in [2.24, 2.45) is 0 Å². The molecule has 0 radical (unpaired) electrons. The van der Waals surface area contributed by atoms with E-state index in [1.54, 1.807) is 6.07 Å². The van der Waals surface area contributed by atoms with Crippen LogP contribution in [0.4, 0.5) is 0 Å². The van der Waals surface area contributed by atoms with E-state index in [1.165, 1.54) is 6.66 Å². The van der Waals surface area contributed by atoms with E-state index in [0.717, 1.165) is 31.4 Å². The molecule has 0 saturated carbocycles. The lowest BCUT2D eigenvalue weighted by Gasteiger charge is -2.14. The van der Waals surface area contributed by atoms with Crippen LogP contribution in [0.5, 0.6) is 5.75 Å². The number of benzene rings is 2. The molecule has 118 valence electrons. The molecule has 1 unspecified atom stereocenters. The summed E-state index contributed by atoms with van der Waals surface area (Å²) in [5.41, 5.74) is 5.11. The van der Waals surface area contributed by atoms with Gasteiger partial charge in [-0.2, -0.15) is 0 Å². The number of hydrogen-bond acceptors (Lipinski definition) is 2. The molecule has 0 saturated heterocycles. The van der Waals surface area contributed by atoms with Crippen LogP contribution >= 0.6 is 30.0 Å². The quantitative estimate of drug-likeness (QED) is 0.551. The minimum atomic E-state index is -3.06. The minimum Gasteiger partial charge on any atom is -0.508 e. The van der Waals surface area contributed by atoms with Crippen LogP contribution in [0.15, 0.2) is 30.3 Å². The largest absolute Gasteiger partial charge is 0.508 e. The fourth-order valence-electron chi connectivity index (χ4n) is 2.67. The number of aryl methyl sites for hydroxylation is 2. The average Bonchev–Trinajstić information content (AvgIpc) is 2.33. The van der Waals surface area contributed by atoms with Crippen LogP contribution in [0, 0.1) is 17.4 Å². The third-order valence-electron chi connectivity index (χ3n) is 3.65. The molecule has 0 spiro atoms. The third-order valence-corrected chi connectivity index (χ3v) is 5.27. The van der Waals surface area contributed by atoms with Crippen molar-refractivity contribution in [3.05, 3.63) is 61.7 Å². The van der Waals surface area contributed by atoms with E-state index in [4.69, 9.17) is 0 Å². The first-order chi connectivity index (χ1) is 10.2. The molecule has 1 atom stereocenters. The molecule has 0 amide bonds. The van der Waals surface area contributed by atoms with E-state index in [-0.39, 0.29) is 6.16 Å². The van der Waals surface area contributed by atoms with Gasteiger partial charge in [0.1, 0.15) is 5.75 Å². The highest BCUT2D eigenvalue weighted by molar-refractivity contribution is 14.1. The van der Waals surface area contributed by atoms with Crippen LogP contribution in [0.3, 0.4) is 0 Å². The standard InChI is InChI=1S/C17H20IO3P/c1-11-6-13(10-22(3,20)21)7-12(2)16(11)8-14-4-5-15(18)9-17(14)19/h4-7,9,19H,8,10H2,1-3H3,(H,20,21). The van der Waals surface area contributed by atoms with E-state index in [0.29, 0.717) is 12.2 Å². The van der Waals surface area contributed by atoms with Crippen molar-refractivity contribution in [3.63, 3.8) is 0 Å². The number of rotatable bonds is 4. The van der Waals surface area contributed by atoms with Gasteiger partial charge in [-0.3, -0.25) is 4.57 Å². The molecule has 0 aromatic heterocycles. The molecule has 2 N–H and O–H groups in total. The van der Waals surface area contributed by atoms with E-state index >= 15 is 0 Å². The summed E-state index contributed by atoms with van der Waals surface area (Å²) in [6.07, 6.45) is 0.855. The van der Waals surface area contributed by atoms with Crippen molar-refractivity contribution in [2.45, 2.75) is 26.4 Å². The summed E-state index contributed by atoms with van der Waals surface area (Å²) in [6, 6.07) is 9.62. The second kappa shape index (κ2) is 6.73. The van der Waals surface area contributed by atoms with Gasteiger partial charge < -0.3 is 10.00 Å². The zero-order chi connectivity index (χ0) is 16.5. The summed E-state index contributed by atoms with van der Waals surface area (Å²) in [7, 11) is -3.06. The van der Waals surface area contributed by atoms with Crippen molar-refractivity contribution in [2.75, 3.05) is 6.66 Å². The van der Waals surface area contributed by atoms with E-state index in [2.05, 4.69) is 22.6 Å². The smallest absolute Gasteiger partial charge is 0.201 e. The first-order valence-electron chi connectivity index (χ1n) is 7.01. The highest BCUT2D eigenvalue weighted by Gasteiger charge is 2.14. The highest BCUT2D eigenvalue weighted by Crippen LogP contribution is 2.40. The first kappa shape index (κ1) is 17.5. The molecular weight excluding hydrogens is 410 g/mol. The summed E-state index contributed by atoms with van der Waals surface area (Å²) in [5, 5.41) is 10.1. The summed E-state index contributed by atoms with van der Waals surface area (Å²) >= 11 is 2.17. The Morgan fingerprint density at radius 1 is 1.14 bits per heavy atom. The number of aromatic hydroxyl groups is 1. The summed E-state index contributed by atoms with van der Waals surface area (Å²) < 4.78 is 12.6. The minimum absolute atomic E-state index is 0.198. The van der Waals surface area contributed by atoms with Gasteiger partial charge in [0, 0.05) is 22.8 Å². The van der Waals surface area contributed by atoms with Gasteiger partial charge in [-0.1, -0.05) is 18.2 Å². The Kier molecular flexibility index (Phi) is 5.36. The zero-order valence-electron chi connectivity index (χ0n) is 12.9. The van der Waals surface area contributed by atoms with E-state index in [1.807, 2.05) is 38.1 Å². The van der Waals surface area contributed by atoms with Gasteiger partial charge in [0.2, 0.25) is 7.37 Å². The van der Waals surface area contributed by atoms with Crippen LogP contribution < -0.4 is 0 Å². The molecule has 0 aliphatic rings. The first-order valence-corrected chi connectivity index (χ1v) is 10.4. The predicted octanol–water partition coefficient (Wildman–Crippen LogP) is 4.60. The maximum absolute atomic E-state index is 11.6. The topological polar surface area (TPSA) is 57.5 Å². The highest BCUT2D eigenvalue weighted by atomic mass is 127. The van der Waals surface area contributed by atoms with Crippen molar-refractivity contribution in [1.29, 1.82) is 0 Å². The fraction of sp³-hybridized carbons (Fsp3) is 0.294. The molecule has 2 rings (SSSR count). The Balaban J connectivity index is 2.34. The summed E-state index contributed by atoms with van der Waals surface area (Å²) in [6.45, 7) is 5.40. The van der Waals surface area contributed by atoms with E-state index in [9.17, 15) is 14.6 Å². The molecule has 5 heteroatoms. The zero-order valence-corrected chi connectivity index (χ0v) is 16.0. The lowest BCUT2D eigenvalue weighted by Crippen LogP contribution is -1.99. The number of phenols is 1. The monoisotopic (exact) mass is 430 g/mol. The molecule has 22 heavy (non-hydrogen) atoms. The van der Waals surface area contributed by atoms with Crippen LogP contribution in [0.2, 0.25) is 0 Å². The number of hydrogen-bond donors (Lipinski definition) is 2. The van der Waals surface area contributed by atoms with Gasteiger partial charge >= 0.3 is 0 Å². The van der Waals surface area contributed by atoms with Crippen molar-refractivity contribution in [1.82, 2.24) is 0 Å². The van der Waals surface area contributed by atoms with Gasteiger partial charge in [0.25, 0.3) is 0 Å². The van der Waals surface area contributed by atoms with Gasteiger partial charge in [-0.15, -0.1) is 0 Å². The Bertz CT molecular complexity index is 727. The Hall–Kier alpha value is -0.840. The molecule has 3 nitrogen and oxygen atoms in total. The maximum atomic E-state index is 11.6. The molecule has 2 aromatic rings. The lowest BCUT2D eigenvalue weighted by molar-refractivity contribution is 0.469. The SMILES string of the molecule is Cc1cc(CP(C)(=O)O)cc(C)c1Cc1ccc(I)cc1O. The molecule has 2 aromatic carbocycles. The molecule has 0 aliphatic carbocycles. The lowest BCUT2D eigenvalue weighted by atomic mass is 9.94. The molecule has 0 bridgehead atoms. The Morgan fingerprint density at radius 3 is 2.23 bits per heavy atom. The number of phenolic OH excluding ortho intramolecular Hbond substituents is 1. The second-order valence-corrected chi connectivity index (χ2v) is 9.53. The van der Waals surface area contributed by atoms with Crippen LogP contribution in [0.1, 0.15) is 27.8 Å². The molecule has 0 fully saturated rings. The van der Waals surface area contributed by atoms with Crippen molar-refractivity contribution < 1.29 is 14.6 Å². The van der Waals surface area contributed by atoms with Gasteiger partial charge in [0.15, 0.2) is 0 Å². The van der Waals surface area contributed by atoms with Crippen molar-refractivity contribution in [3.8, 4) is 5.75 Å². The van der Waals surface area contributed by atoms with Gasteiger partial charge in [0.05, 0.1) is 0 Å². The van der Waals surface area contributed by atoms with E-state index < -0.39 is 7.37 Å². The van der Waals surface area contributed by atoms with Crippen LogP contribution in [-0.2, 0) is 17.1 Å². The van der Waals surface area contributed by atoms with Gasteiger partial charge in [-0.05, 0) is 76.4 Å². The Labute approximate surface area is 145 Å². The predicted molar refractivity (Wildman–Crippen MR) is 99.0 cm³/mol. The fourth-order valence-corrected chi connectivity index (χ4v) is 4.00. The molecule has 0 aliphatic heterocycles. The summed E-state index contributed by atoms with van der Waals surface area (Å²) in [5.74, 6) is 0.309. The Morgan fingerprint density at radius 2 is 1.73 bits per heavy atom. The van der Waals surface area contributed by atoms with Gasteiger partial charge in [-0.25, -0.2) is 0 Å². The number of halogens is 1. The molecular formula is C17H20IO3P.